The highest BCUT2D eigenvalue weighted by molar-refractivity contribution is 5.93. The molecule has 5 heteroatoms. The Kier molecular flexibility index (Phi) is 5.43. The zero-order valence-electron chi connectivity index (χ0n) is 14.9. The van der Waals surface area contributed by atoms with E-state index >= 15 is 0 Å². The van der Waals surface area contributed by atoms with Crippen molar-refractivity contribution < 1.29 is 9.53 Å². The molecule has 1 heterocycles. The third-order valence-corrected chi connectivity index (χ3v) is 4.52. The highest BCUT2D eigenvalue weighted by Crippen LogP contribution is 2.28. The molecule has 0 saturated carbocycles. The third kappa shape index (κ3) is 4.24. The van der Waals surface area contributed by atoms with Crippen LogP contribution in [0.2, 0.25) is 0 Å². The first kappa shape index (κ1) is 17.1. The molecule has 0 spiro atoms. The van der Waals surface area contributed by atoms with Crippen LogP contribution < -0.4 is 15.0 Å². The van der Waals surface area contributed by atoms with E-state index in [9.17, 15) is 4.79 Å². The maximum Gasteiger partial charge on any atom is 0.321 e. The standard InChI is InChI=1S/C20H25N3O2/c1-22(15-16-9-11-17(25-2)12-10-16)20(24)21-18-7-3-4-8-19(18)23-13-5-6-14-23/h3-4,7-12H,5-6,13-15H2,1-2H3,(H,21,24). The molecule has 1 fully saturated rings. The molecule has 1 N–H and O–H groups in total. The van der Waals surface area contributed by atoms with Crippen molar-refractivity contribution in [2.24, 2.45) is 0 Å². The predicted octanol–water partition coefficient (Wildman–Crippen LogP) is 3.96. The number of rotatable bonds is 5. The zero-order chi connectivity index (χ0) is 17.6. The Morgan fingerprint density at radius 2 is 1.80 bits per heavy atom. The molecular weight excluding hydrogens is 314 g/mol. The molecule has 0 atom stereocenters. The number of ether oxygens (including phenoxy) is 1. The zero-order valence-corrected chi connectivity index (χ0v) is 14.9. The van der Waals surface area contributed by atoms with Gasteiger partial charge in [0.2, 0.25) is 0 Å². The Hall–Kier alpha value is -2.69. The molecule has 0 aliphatic carbocycles. The molecule has 132 valence electrons. The molecule has 3 rings (SSSR count). The minimum atomic E-state index is -0.109. The van der Waals surface area contributed by atoms with Crippen molar-refractivity contribution in [1.29, 1.82) is 0 Å². The summed E-state index contributed by atoms with van der Waals surface area (Å²) in [5.74, 6) is 0.815. The van der Waals surface area contributed by atoms with Crippen LogP contribution in [0.5, 0.6) is 5.75 Å². The first-order valence-corrected chi connectivity index (χ1v) is 8.66. The van der Waals surface area contributed by atoms with E-state index in [0.717, 1.165) is 35.8 Å². The molecule has 5 nitrogen and oxygen atoms in total. The lowest BCUT2D eigenvalue weighted by Gasteiger charge is -2.23. The summed E-state index contributed by atoms with van der Waals surface area (Å²) >= 11 is 0. The highest BCUT2D eigenvalue weighted by atomic mass is 16.5. The summed E-state index contributed by atoms with van der Waals surface area (Å²) in [4.78, 5) is 16.6. The number of amides is 2. The molecule has 2 amide bonds. The van der Waals surface area contributed by atoms with Gasteiger partial charge in [0.05, 0.1) is 18.5 Å². The number of carbonyl (C=O) groups excluding carboxylic acids is 1. The van der Waals surface area contributed by atoms with E-state index in [1.54, 1.807) is 19.1 Å². The number of benzene rings is 2. The molecule has 2 aromatic rings. The van der Waals surface area contributed by atoms with Crippen LogP contribution in [0.4, 0.5) is 16.2 Å². The maximum atomic E-state index is 12.6. The van der Waals surface area contributed by atoms with E-state index in [1.807, 2.05) is 42.5 Å². The minimum Gasteiger partial charge on any atom is -0.497 e. The van der Waals surface area contributed by atoms with Gasteiger partial charge >= 0.3 is 6.03 Å². The van der Waals surface area contributed by atoms with Crippen LogP contribution in [-0.4, -0.2) is 38.2 Å². The quantitative estimate of drug-likeness (QED) is 0.897. The molecule has 25 heavy (non-hydrogen) atoms. The van der Waals surface area contributed by atoms with Gasteiger partial charge in [-0.3, -0.25) is 0 Å². The van der Waals surface area contributed by atoms with Gasteiger partial charge in [0, 0.05) is 26.7 Å². The van der Waals surface area contributed by atoms with Gasteiger partial charge in [0.15, 0.2) is 0 Å². The van der Waals surface area contributed by atoms with Crippen LogP contribution in [0.15, 0.2) is 48.5 Å². The predicted molar refractivity (Wildman–Crippen MR) is 101 cm³/mol. The van der Waals surface area contributed by atoms with Crippen LogP contribution in [0, 0.1) is 0 Å². The summed E-state index contributed by atoms with van der Waals surface area (Å²) in [5, 5.41) is 3.05. The Morgan fingerprint density at radius 3 is 2.48 bits per heavy atom. The number of hydrogen-bond donors (Lipinski definition) is 1. The van der Waals surface area contributed by atoms with Gasteiger partial charge in [0.25, 0.3) is 0 Å². The maximum absolute atomic E-state index is 12.6. The summed E-state index contributed by atoms with van der Waals surface area (Å²) in [5.41, 5.74) is 3.04. The number of carbonyl (C=O) groups is 1. The van der Waals surface area contributed by atoms with Gasteiger partial charge in [-0.1, -0.05) is 24.3 Å². The smallest absolute Gasteiger partial charge is 0.321 e. The molecule has 0 unspecified atom stereocenters. The van der Waals surface area contributed by atoms with E-state index in [1.165, 1.54) is 12.8 Å². The van der Waals surface area contributed by atoms with Crippen molar-refractivity contribution in [2.45, 2.75) is 19.4 Å². The van der Waals surface area contributed by atoms with E-state index in [0.29, 0.717) is 6.54 Å². The van der Waals surface area contributed by atoms with Gasteiger partial charge in [0.1, 0.15) is 5.75 Å². The fourth-order valence-corrected chi connectivity index (χ4v) is 3.10. The van der Waals surface area contributed by atoms with Crippen molar-refractivity contribution >= 4 is 17.4 Å². The lowest BCUT2D eigenvalue weighted by Crippen LogP contribution is -2.31. The highest BCUT2D eigenvalue weighted by Gasteiger charge is 2.17. The molecule has 1 saturated heterocycles. The number of nitrogens with zero attached hydrogens (tertiary/aromatic N) is 2. The second-order valence-corrected chi connectivity index (χ2v) is 6.35. The number of urea groups is 1. The summed E-state index contributed by atoms with van der Waals surface area (Å²) in [6.45, 7) is 2.64. The first-order valence-electron chi connectivity index (χ1n) is 8.66. The van der Waals surface area contributed by atoms with Gasteiger partial charge < -0.3 is 19.9 Å². The van der Waals surface area contributed by atoms with Crippen molar-refractivity contribution in [3.05, 3.63) is 54.1 Å². The van der Waals surface area contributed by atoms with Crippen LogP contribution in [-0.2, 0) is 6.54 Å². The van der Waals surface area contributed by atoms with Crippen LogP contribution >= 0.6 is 0 Å². The van der Waals surface area contributed by atoms with Crippen molar-refractivity contribution in [3.63, 3.8) is 0 Å². The van der Waals surface area contributed by atoms with Gasteiger partial charge in [-0.2, -0.15) is 0 Å². The Labute approximate surface area is 149 Å². The fraction of sp³-hybridized carbons (Fsp3) is 0.350. The lowest BCUT2D eigenvalue weighted by molar-refractivity contribution is 0.220. The fourth-order valence-electron chi connectivity index (χ4n) is 3.10. The average Bonchev–Trinajstić information content (AvgIpc) is 3.17. The number of methoxy groups -OCH3 is 1. The number of nitrogens with one attached hydrogen (secondary N) is 1. The molecule has 0 radical (unpaired) electrons. The first-order chi connectivity index (χ1) is 12.2. The molecule has 2 aromatic carbocycles. The van der Waals surface area contributed by atoms with E-state index in [-0.39, 0.29) is 6.03 Å². The summed E-state index contributed by atoms with van der Waals surface area (Å²) in [6, 6.07) is 15.7. The van der Waals surface area contributed by atoms with Gasteiger partial charge in [-0.05, 0) is 42.7 Å². The van der Waals surface area contributed by atoms with Crippen LogP contribution in [0.1, 0.15) is 18.4 Å². The minimum absolute atomic E-state index is 0.109. The number of anilines is 2. The number of para-hydroxylation sites is 2. The molecule has 0 aromatic heterocycles. The topological polar surface area (TPSA) is 44.8 Å². The SMILES string of the molecule is COc1ccc(CN(C)C(=O)Nc2ccccc2N2CCCC2)cc1. The van der Waals surface area contributed by atoms with E-state index < -0.39 is 0 Å². The molecule has 0 bridgehead atoms. The van der Waals surface area contributed by atoms with Crippen molar-refractivity contribution in [1.82, 2.24) is 4.90 Å². The monoisotopic (exact) mass is 339 g/mol. The van der Waals surface area contributed by atoms with Crippen LogP contribution in [0.25, 0.3) is 0 Å². The van der Waals surface area contributed by atoms with E-state index in [2.05, 4.69) is 16.3 Å². The summed E-state index contributed by atoms with van der Waals surface area (Å²) in [7, 11) is 3.45. The van der Waals surface area contributed by atoms with Crippen LogP contribution in [0.3, 0.4) is 0 Å². The van der Waals surface area contributed by atoms with Crippen molar-refractivity contribution in [3.8, 4) is 5.75 Å². The van der Waals surface area contributed by atoms with Gasteiger partial charge in [-0.25, -0.2) is 4.79 Å². The molecule has 1 aliphatic heterocycles. The third-order valence-electron chi connectivity index (χ3n) is 4.52. The van der Waals surface area contributed by atoms with E-state index in [4.69, 9.17) is 4.74 Å². The normalized spacial score (nSPS) is 13.6. The number of hydrogen-bond acceptors (Lipinski definition) is 3. The summed E-state index contributed by atoms with van der Waals surface area (Å²) in [6.07, 6.45) is 2.42. The Morgan fingerprint density at radius 1 is 1.12 bits per heavy atom. The largest absolute Gasteiger partial charge is 0.497 e. The Bertz CT molecular complexity index is 709. The van der Waals surface area contributed by atoms with Crippen molar-refractivity contribution in [2.75, 3.05) is 37.5 Å². The second kappa shape index (κ2) is 7.92. The Balaban J connectivity index is 1.65. The molecule has 1 aliphatic rings. The van der Waals surface area contributed by atoms with Gasteiger partial charge in [-0.15, -0.1) is 0 Å². The average molecular weight is 339 g/mol. The lowest BCUT2D eigenvalue weighted by atomic mass is 10.2. The second-order valence-electron chi connectivity index (χ2n) is 6.35. The molecular formula is C20H25N3O2. The summed E-state index contributed by atoms with van der Waals surface area (Å²) < 4.78 is 5.16.